The molecular formula is C16H14ClN3O3. The van der Waals surface area contributed by atoms with E-state index in [1.165, 1.54) is 11.8 Å². The van der Waals surface area contributed by atoms with Crippen LogP contribution in [0.5, 0.6) is 11.5 Å². The highest BCUT2D eigenvalue weighted by Crippen LogP contribution is 2.29. The molecule has 0 atom stereocenters. The van der Waals surface area contributed by atoms with Gasteiger partial charge in [0.1, 0.15) is 11.5 Å². The minimum Gasteiger partial charge on any atom is -0.497 e. The van der Waals surface area contributed by atoms with Gasteiger partial charge in [0.05, 0.1) is 31.6 Å². The molecule has 0 bridgehead atoms. The molecule has 7 heteroatoms. The third-order valence-corrected chi connectivity index (χ3v) is 3.61. The number of hydrogen-bond donors (Lipinski definition) is 1. The zero-order chi connectivity index (χ0) is 16.4. The van der Waals surface area contributed by atoms with Crippen molar-refractivity contribution in [3.8, 4) is 11.5 Å². The average molecular weight is 332 g/mol. The van der Waals surface area contributed by atoms with Crippen molar-refractivity contribution < 1.29 is 14.3 Å². The summed E-state index contributed by atoms with van der Waals surface area (Å²) in [4.78, 5) is 12.5. The van der Waals surface area contributed by atoms with Crippen LogP contribution in [0.3, 0.4) is 0 Å². The lowest BCUT2D eigenvalue weighted by atomic mass is 10.2. The van der Waals surface area contributed by atoms with Crippen molar-refractivity contribution >= 4 is 34.2 Å². The summed E-state index contributed by atoms with van der Waals surface area (Å²) >= 11 is 5.94. The number of fused-ring (bicyclic) bond motifs is 1. The van der Waals surface area contributed by atoms with E-state index in [0.29, 0.717) is 27.7 Å². The fraction of sp³-hybridized carbons (Fsp3) is 0.125. The Hall–Kier alpha value is -2.73. The molecule has 0 aliphatic rings. The number of ether oxygens (including phenoxy) is 2. The maximum Gasteiger partial charge on any atom is 0.347 e. The molecule has 1 heterocycles. The second-order valence-corrected chi connectivity index (χ2v) is 5.19. The van der Waals surface area contributed by atoms with Gasteiger partial charge >= 0.3 is 6.03 Å². The van der Waals surface area contributed by atoms with Crippen molar-refractivity contribution in [3.63, 3.8) is 0 Å². The molecule has 2 aromatic carbocycles. The smallest absolute Gasteiger partial charge is 0.347 e. The molecule has 0 saturated carbocycles. The molecule has 3 aromatic rings. The van der Waals surface area contributed by atoms with Crippen LogP contribution in [0.15, 0.2) is 42.6 Å². The first-order valence-electron chi connectivity index (χ1n) is 6.79. The van der Waals surface area contributed by atoms with Gasteiger partial charge in [-0.3, -0.25) is 0 Å². The number of methoxy groups -OCH3 is 2. The lowest BCUT2D eigenvalue weighted by Crippen LogP contribution is -2.20. The summed E-state index contributed by atoms with van der Waals surface area (Å²) in [6.07, 6.45) is 1.59. The molecule has 118 valence electrons. The zero-order valence-corrected chi connectivity index (χ0v) is 13.3. The highest BCUT2D eigenvalue weighted by atomic mass is 35.5. The Morgan fingerprint density at radius 3 is 2.74 bits per heavy atom. The molecule has 23 heavy (non-hydrogen) atoms. The van der Waals surface area contributed by atoms with Gasteiger partial charge in [0.2, 0.25) is 0 Å². The fourth-order valence-electron chi connectivity index (χ4n) is 2.24. The van der Waals surface area contributed by atoms with Crippen LogP contribution in [0.4, 0.5) is 10.5 Å². The van der Waals surface area contributed by atoms with Crippen LogP contribution >= 0.6 is 11.6 Å². The van der Waals surface area contributed by atoms with Crippen LogP contribution in [0.25, 0.3) is 10.9 Å². The van der Waals surface area contributed by atoms with E-state index in [1.807, 2.05) is 0 Å². The third kappa shape index (κ3) is 2.93. The molecule has 1 amide bonds. The van der Waals surface area contributed by atoms with Crippen molar-refractivity contribution in [2.45, 2.75) is 0 Å². The summed E-state index contributed by atoms with van der Waals surface area (Å²) in [6.45, 7) is 0. The normalized spacial score (nSPS) is 10.6. The van der Waals surface area contributed by atoms with Crippen LogP contribution < -0.4 is 14.8 Å². The number of halogens is 1. The molecular weight excluding hydrogens is 318 g/mol. The molecule has 0 spiro atoms. The summed E-state index contributed by atoms with van der Waals surface area (Å²) in [5.74, 6) is 1.14. The predicted octanol–water partition coefficient (Wildman–Crippen LogP) is 3.79. The van der Waals surface area contributed by atoms with E-state index in [-0.39, 0.29) is 0 Å². The van der Waals surface area contributed by atoms with Crippen molar-refractivity contribution in [2.75, 3.05) is 19.5 Å². The van der Waals surface area contributed by atoms with E-state index in [2.05, 4.69) is 10.4 Å². The maximum absolute atomic E-state index is 12.5. The summed E-state index contributed by atoms with van der Waals surface area (Å²) in [6, 6.07) is 9.94. The van der Waals surface area contributed by atoms with E-state index >= 15 is 0 Å². The number of carbonyl (C=O) groups excluding carboxylic acids is 1. The molecule has 0 saturated heterocycles. The zero-order valence-electron chi connectivity index (χ0n) is 12.5. The summed E-state index contributed by atoms with van der Waals surface area (Å²) < 4.78 is 11.7. The third-order valence-electron chi connectivity index (χ3n) is 3.37. The highest BCUT2D eigenvalue weighted by molar-refractivity contribution is 6.31. The first-order valence-corrected chi connectivity index (χ1v) is 7.17. The van der Waals surface area contributed by atoms with Crippen LogP contribution in [-0.2, 0) is 0 Å². The van der Waals surface area contributed by atoms with Crippen molar-refractivity contribution in [1.82, 2.24) is 9.78 Å². The molecule has 1 N–H and O–H groups in total. The second-order valence-electron chi connectivity index (χ2n) is 4.76. The van der Waals surface area contributed by atoms with E-state index in [9.17, 15) is 4.79 Å². The van der Waals surface area contributed by atoms with Gasteiger partial charge in [0, 0.05) is 16.5 Å². The summed E-state index contributed by atoms with van der Waals surface area (Å²) in [5, 5.41) is 8.25. The topological polar surface area (TPSA) is 65.4 Å². The van der Waals surface area contributed by atoms with Crippen molar-refractivity contribution in [2.24, 2.45) is 0 Å². The molecule has 0 radical (unpaired) electrons. The van der Waals surface area contributed by atoms with Gasteiger partial charge in [-0.2, -0.15) is 9.78 Å². The number of carbonyl (C=O) groups is 1. The number of anilines is 1. The Bertz CT molecular complexity index is 876. The largest absolute Gasteiger partial charge is 0.497 e. The molecule has 0 fully saturated rings. The lowest BCUT2D eigenvalue weighted by Gasteiger charge is -2.11. The second kappa shape index (κ2) is 6.18. The van der Waals surface area contributed by atoms with E-state index in [1.54, 1.807) is 49.7 Å². The Labute approximate surface area is 137 Å². The SMILES string of the molecule is COc1ccc(NC(=O)n2ncc3cc(Cl)ccc32)c(OC)c1. The maximum atomic E-state index is 12.5. The van der Waals surface area contributed by atoms with E-state index in [0.717, 1.165) is 5.39 Å². The number of benzene rings is 2. The fourth-order valence-corrected chi connectivity index (χ4v) is 2.42. The molecule has 6 nitrogen and oxygen atoms in total. The Morgan fingerprint density at radius 2 is 2.00 bits per heavy atom. The number of aromatic nitrogens is 2. The molecule has 0 aliphatic carbocycles. The van der Waals surface area contributed by atoms with Gasteiger partial charge in [0.25, 0.3) is 0 Å². The molecule has 0 unspecified atom stereocenters. The van der Waals surface area contributed by atoms with Gasteiger partial charge in [-0.15, -0.1) is 0 Å². The number of nitrogens with zero attached hydrogens (tertiary/aromatic N) is 2. The van der Waals surface area contributed by atoms with Crippen LogP contribution in [0.2, 0.25) is 5.02 Å². The van der Waals surface area contributed by atoms with Crippen LogP contribution in [-0.4, -0.2) is 30.0 Å². The predicted molar refractivity (Wildman–Crippen MR) is 88.7 cm³/mol. The Morgan fingerprint density at radius 1 is 1.17 bits per heavy atom. The van der Waals surface area contributed by atoms with Gasteiger partial charge in [-0.1, -0.05) is 11.6 Å². The Balaban J connectivity index is 1.92. The van der Waals surface area contributed by atoms with E-state index in [4.69, 9.17) is 21.1 Å². The first kappa shape index (κ1) is 15.2. The van der Waals surface area contributed by atoms with Gasteiger partial charge in [0.15, 0.2) is 0 Å². The average Bonchev–Trinajstić information content (AvgIpc) is 2.98. The van der Waals surface area contributed by atoms with E-state index < -0.39 is 6.03 Å². The number of amides is 1. The molecule has 3 rings (SSSR count). The van der Waals surface area contributed by atoms with Crippen molar-refractivity contribution in [3.05, 3.63) is 47.6 Å². The monoisotopic (exact) mass is 331 g/mol. The number of rotatable bonds is 3. The number of hydrogen-bond acceptors (Lipinski definition) is 4. The van der Waals surface area contributed by atoms with Crippen LogP contribution in [0.1, 0.15) is 0 Å². The Kier molecular flexibility index (Phi) is 4.08. The van der Waals surface area contributed by atoms with Gasteiger partial charge < -0.3 is 14.8 Å². The number of nitrogens with one attached hydrogen (secondary N) is 1. The summed E-state index contributed by atoms with van der Waals surface area (Å²) in [7, 11) is 3.09. The lowest BCUT2D eigenvalue weighted by molar-refractivity contribution is 0.251. The van der Waals surface area contributed by atoms with Gasteiger partial charge in [-0.25, -0.2) is 4.79 Å². The first-order chi connectivity index (χ1) is 11.1. The highest BCUT2D eigenvalue weighted by Gasteiger charge is 2.14. The summed E-state index contributed by atoms with van der Waals surface area (Å²) in [5.41, 5.74) is 1.19. The van der Waals surface area contributed by atoms with Gasteiger partial charge in [-0.05, 0) is 30.3 Å². The quantitative estimate of drug-likeness (QED) is 0.793. The molecule has 0 aliphatic heterocycles. The van der Waals surface area contributed by atoms with Crippen molar-refractivity contribution in [1.29, 1.82) is 0 Å². The minimum atomic E-state index is -0.397. The molecule has 1 aromatic heterocycles. The van der Waals surface area contributed by atoms with Crippen LogP contribution in [0, 0.1) is 0 Å². The standard InChI is InChI=1S/C16H14ClN3O3/c1-22-12-4-5-13(15(8-12)23-2)19-16(21)20-14-6-3-11(17)7-10(14)9-18-20/h3-9H,1-2H3,(H,19,21). The minimum absolute atomic E-state index is 0.397.